The van der Waals surface area contributed by atoms with E-state index in [0.717, 1.165) is 26.2 Å². The zero-order chi connectivity index (χ0) is 12.1. The number of carbonyl (C=O) groups is 1. The Balaban J connectivity index is 1.73. The number of hydrogen-bond acceptors (Lipinski definition) is 4. The summed E-state index contributed by atoms with van der Waals surface area (Å²) in [7, 11) is 0. The highest BCUT2D eigenvalue weighted by Gasteiger charge is 2.25. The molecule has 98 valence electrons. The number of likely N-dealkylation sites (N-methyl/N-ethyl adjacent to an activating group) is 1. The molecular formula is C12H23N3O2. The predicted octanol–water partition coefficient (Wildman–Crippen LogP) is 0.559. The number of cyclic esters (lactones) is 1. The average Bonchev–Trinajstić information content (AvgIpc) is 2.75. The lowest BCUT2D eigenvalue weighted by Gasteiger charge is -2.30. The molecule has 0 spiro atoms. The van der Waals surface area contributed by atoms with Crippen molar-refractivity contribution in [3.05, 3.63) is 0 Å². The van der Waals surface area contributed by atoms with Crippen molar-refractivity contribution in [1.29, 1.82) is 0 Å². The predicted molar refractivity (Wildman–Crippen MR) is 66.0 cm³/mol. The molecule has 0 aromatic carbocycles. The Bertz CT molecular complexity index is 254. The molecule has 0 bridgehead atoms. The quantitative estimate of drug-likeness (QED) is 0.738. The van der Waals surface area contributed by atoms with E-state index >= 15 is 0 Å². The monoisotopic (exact) mass is 241 g/mol. The first-order valence-corrected chi connectivity index (χ1v) is 6.68. The van der Waals surface area contributed by atoms with E-state index in [-0.39, 0.29) is 12.2 Å². The van der Waals surface area contributed by atoms with E-state index in [1.54, 1.807) is 0 Å². The topological polar surface area (TPSA) is 53.6 Å². The lowest BCUT2D eigenvalue weighted by molar-refractivity contribution is 0.104. The lowest BCUT2D eigenvalue weighted by Crippen LogP contribution is -2.46. The molecule has 2 unspecified atom stereocenters. The second kappa shape index (κ2) is 6.21. The zero-order valence-corrected chi connectivity index (χ0v) is 10.6. The third kappa shape index (κ3) is 3.85. The molecule has 2 fully saturated rings. The lowest BCUT2D eigenvalue weighted by atomic mass is 10.0. The van der Waals surface area contributed by atoms with Crippen LogP contribution in [0, 0.1) is 0 Å². The fourth-order valence-electron chi connectivity index (χ4n) is 2.55. The Hall–Kier alpha value is -0.810. The Labute approximate surface area is 103 Å². The van der Waals surface area contributed by atoms with Crippen molar-refractivity contribution in [2.75, 3.05) is 32.7 Å². The van der Waals surface area contributed by atoms with Crippen molar-refractivity contribution in [2.45, 2.75) is 38.3 Å². The number of carbonyl (C=O) groups excluding carboxylic acids is 1. The number of hydrogen-bond donors (Lipinski definition) is 2. The maximum atomic E-state index is 10.9. The van der Waals surface area contributed by atoms with Gasteiger partial charge in [0.05, 0.1) is 6.54 Å². The Morgan fingerprint density at radius 3 is 2.88 bits per heavy atom. The second-order valence-electron chi connectivity index (χ2n) is 4.91. The van der Waals surface area contributed by atoms with Crippen LogP contribution in [-0.2, 0) is 4.74 Å². The first-order chi connectivity index (χ1) is 8.28. The molecule has 17 heavy (non-hydrogen) atoms. The highest BCUT2D eigenvalue weighted by molar-refractivity contribution is 5.69. The molecule has 0 radical (unpaired) electrons. The third-order valence-electron chi connectivity index (χ3n) is 3.55. The second-order valence-corrected chi connectivity index (χ2v) is 4.91. The first-order valence-electron chi connectivity index (χ1n) is 6.68. The zero-order valence-electron chi connectivity index (χ0n) is 10.6. The summed E-state index contributed by atoms with van der Waals surface area (Å²) in [5.41, 5.74) is 0. The summed E-state index contributed by atoms with van der Waals surface area (Å²) < 4.78 is 5.17. The van der Waals surface area contributed by atoms with Crippen molar-refractivity contribution < 1.29 is 9.53 Å². The van der Waals surface area contributed by atoms with Gasteiger partial charge in [-0.1, -0.05) is 13.3 Å². The number of rotatable bonds is 5. The number of nitrogens with zero attached hydrogens (tertiary/aromatic N) is 1. The van der Waals surface area contributed by atoms with Gasteiger partial charge in [0.2, 0.25) is 0 Å². The molecule has 2 heterocycles. The Morgan fingerprint density at radius 1 is 1.41 bits per heavy atom. The molecule has 2 atom stereocenters. The van der Waals surface area contributed by atoms with Gasteiger partial charge in [0.25, 0.3) is 0 Å². The van der Waals surface area contributed by atoms with Crippen molar-refractivity contribution in [3.8, 4) is 0 Å². The molecule has 5 nitrogen and oxygen atoms in total. The molecule has 0 aliphatic carbocycles. The van der Waals surface area contributed by atoms with Crippen molar-refractivity contribution in [2.24, 2.45) is 0 Å². The number of ether oxygens (including phenoxy) is 1. The number of amides is 1. The molecule has 5 heteroatoms. The molecule has 1 amide bonds. The first kappa shape index (κ1) is 12.6. The molecule has 0 aromatic rings. The maximum absolute atomic E-state index is 10.9. The molecule has 2 rings (SSSR count). The van der Waals surface area contributed by atoms with Gasteiger partial charge < -0.3 is 15.4 Å². The molecule has 2 N–H and O–H groups in total. The largest absolute Gasteiger partial charge is 0.443 e. The summed E-state index contributed by atoms with van der Waals surface area (Å²) in [6.07, 6.45) is 3.63. The van der Waals surface area contributed by atoms with Crippen LogP contribution in [0.2, 0.25) is 0 Å². The smallest absolute Gasteiger partial charge is 0.407 e. The van der Waals surface area contributed by atoms with Crippen LogP contribution < -0.4 is 10.6 Å². The van der Waals surface area contributed by atoms with Crippen LogP contribution in [0.1, 0.15) is 26.2 Å². The van der Waals surface area contributed by atoms with E-state index in [9.17, 15) is 4.79 Å². The minimum Gasteiger partial charge on any atom is -0.443 e. The summed E-state index contributed by atoms with van der Waals surface area (Å²) in [6.45, 7) is 6.85. The van der Waals surface area contributed by atoms with Gasteiger partial charge in [-0.25, -0.2) is 4.79 Å². The molecule has 2 aliphatic heterocycles. The summed E-state index contributed by atoms with van der Waals surface area (Å²) >= 11 is 0. The molecular weight excluding hydrogens is 218 g/mol. The van der Waals surface area contributed by atoms with Crippen LogP contribution in [0.25, 0.3) is 0 Å². The van der Waals surface area contributed by atoms with Gasteiger partial charge in [-0.3, -0.25) is 4.90 Å². The summed E-state index contributed by atoms with van der Waals surface area (Å²) in [4.78, 5) is 13.3. The fraction of sp³-hybridized carbons (Fsp3) is 0.917. The summed E-state index contributed by atoms with van der Waals surface area (Å²) in [6, 6.07) is 0.605. The van der Waals surface area contributed by atoms with Crippen LogP contribution in [-0.4, -0.2) is 55.9 Å². The summed E-state index contributed by atoms with van der Waals surface area (Å²) in [5.74, 6) is 0. The Kier molecular flexibility index (Phi) is 4.62. The van der Waals surface area contributed by atoms with Gasteiger partial charge in [0, 0.05) is 19.1 Å². The third-order valence-corrected chi connectivity index (χ3v) is 3.55. The molecule has 0 aromatic heterocycles. The van der Waals surface area contributed by atoms with E-state index in [2.05, 4.69) is 22.5 Å². The van der Waals surface area contributed by atoms with Gasteiger partial charge in [0.15, 0.2) is 0 Å². The van der Waals surface area contributed by atoms with E-state index in [4.69, 9.17) is 4.74 Å². The van der Waals surface area contributed by atoms with Crippen molar-refractivity contribution >= 4 is 6.09 Å². The standard InChI is InChI=1S/C12H23N3O2/c1-2-15(8-10-5-3-4-6-13-10)9-11-7-14-12(16)17-11/h10-11,13H,2-9H2,1H3,(H,14,16). The Morgan fingerprint density at radius 2 is 2.29 bits per heavy atom. The van der Waals surface area contributed by atoms with Gasteiger partial charge in [0.1, 0.15) is 6.10 Å². The van der Waals surface area contributed by atoms with E-state index in [1.807, 2.05) is 0 Å². The van der Waals surface area contributed by atoms with Crippen molar-refractivity contribution in [3.63, 3.8) is 0 Å². The highest BCUT2D eigenvalue weighted by atomic mass is 16.6. The maximum Gasteiger partial charge on any atom is 0.407 e. The van der Waals surface area contributed by atoms with E-state index < -0.39 is 0 Å². The van der Waals surface area contributed by atoms with Crippen LogP contribution in [0.5, 0.6) is 0 Å². The molecule has 0 saturated carbocycles. The van der Waals surface area contributed by atoms with E-state index in [1.165, 1.54) is 19.3 Å². The highest BCUT2D eigenvalue weighted by Crippen LogP contribution is 2.10. The minimum atomic E-state index is -0.276. The van der Waals surface area contributed by atoms with Crippen LogP contribution in [0.3, 0.4) is 0 Å². The fourth-order valence-corrected chi connectivity index (χ4v) is 2.55. The molecule has 2 saturated heterocycles. The van der Waals surface area contributed by atoms with Crippen LogP contribution in [0.15, 0.2) is 0 Å². The van der Waals surface area contributed by atoms with Gasteiger partial charge >= 0.3 is 6.09 Å². The number of piperidine rings is 1. The normalized spacial score (nSPS) is 29.2. The van der Waals surface area contributed by atoms with Crippen molar-refractivity contribution in [1.82, 2.24) is 15.5 Å². The van der Waals surface area contributed by atoms with Gasteiger partial charge in [-0.15, -0.1) is 0 Å². The SMILES string of the molecule is CCN(CC1CCCCN1)CC1CNC(=O)O1. The van der Waals surface area contributed by atoms with Gasteiger partial charge in [-0.05, 0) is 25.9 Å². The van der Waals surface area contributed by atoms with E-state index in [0.29, 0.717) is 12.6 Å². The number of alkyl carbamates (subject to hydrolysis) is 1. The minimum absolute atomic E-state index is 0.0195. The molecule has 2 aliphatic rings. The summed E-state index contributed by atoms with van der Waals surface area (Å²) in [5, 5.41) is 6.25. The van der Waals surface area contributed by atoms with Gasteiger partial charge in [-0.2, -0.15) is 0 Å². The average molecular weight is 241 g/mol. The number of nitrogens with one attached hydrogen (secondary N) is 2. The van der Waals surface area contributed by atoms with Crippen LogP contribution >= 0.6 is 0 Å². The van der Waals surface area contributed by atoms with Crippen LogP contribution in [0.4, 0.5) is 4.79 Å².